The number of rotatable bonds is 4. The first-order chi connectivity index (χ1) is 9.72. The maximum Gasteiger partial charge on any atom is 0.161 e. The molecule has 0 saturated heterocycles. The Labute approximate surface area is 118 Å². The quantitative estimate of drug-likeness (QED) is 0.923. The molecular weight excluding hydrogens is 254 g/mol. The molecule has 1 aromatic carbocycles. The van der Waals surface area contributed by atoms with Gasteiger partial charge in [-0.3, -0.25) is 4.68 Å². The summed E-state index contributed by atoms with van der Waals surface area (Å²) in [5, 5.41) is 4.16. The van der Waals surface area contributed by atoms with E-state index in [1.165, 1.54) is 5.56 Å². The first-order valence-electron chi connectivity index (χ1n) is 6.85. The van der Waals surface area contributed by atoms with E-state index in [-0.39, 0.29) is 6.04 Å². The highest BCUT2D eigenvalue weighted by Gasteiger charge is 2.14. The van der Waals surface area contributed by atoms with Crippen LogP contribution < -0.4 is 15.2 Å². The largest absolute Gasteiger partial charge is 0.486 e. The third-order valence-electron chi connectivity index (χ3n) is 3.50. The molecule has 0 amide bonds. The topological polar surface area (TPSA) is 62.3 Å². The van der Waals surface area contributed by atoms with E-state index in [1.807, 2.05) is 42.3 Å². The fourth-order valence-corrected chi connectivity index (χ4v) is 2.38. The summed E-state index contributed by atoms with van der Waals surface area (Å²) >= 11 is 0. The minimum Gasteiger partial charge on any atom is -0.486 e. The second-order valence-corrected chi connectivity index (χ2v) is 5.07. The number of fused-ring (bicyclic) bond motifs is 1. The van der Waals surface area contributed by atoms with Gasteiger partial charge in [0.1, 0.15) is 13.2 Å². The Bertz CT molecular complexity index is 595. The van der Waals surface area contributed by atoms with Crippen LogP contribution in [0.3, 0.4) is 0 Å². The van der Waals surface area contributed by atoms with Crippen molar-refractivity contribution in [3.63, 3.8) is 0 Å². The number of nitrogens with zero attached hydrogens (tertiary/aromatic N) is 2. The van der Waals surface area contributed by atoms with Crippen molar-refractivity contribution in [1.29, 1.82) is 0 Å². The molecule has 2 N–H and O–H groups in total. The zero-order valence-electron chi connectivity index (χ0n) is 11.6. The lowest BCUT2D eigenvalue weighted by Crippen LogP contribution is -2.17. The second-order valence-electron chi connectivity index (χ2n) is 5.07. The molecule has 5 nitrogen and oxygen atoms in total. The third kappa shape index (κ3) is 2.77. The summed E-state index contributed by atoms with van der Waals surface area (Å²) in [5.41, 5.74) is 8.55. The highest BCUT2D eigenvalue weighted by Crippen LogP contribution is 2.32. The first kappa shape index (κ1) is 13.0. The van der Waals surface area contributed by atoms with Gasteiger partial charge in [-0.15, -0.1) is 0 Å². The number of ether oxygens (including phenoxy) is 2. The molecule has 0 fully saturated rings. The van der Waals surface area contributed by atoms with Crippen molar-refractivity contribution in [2.45, 2.75) is 18.9 Å². The van der Waals surface area contributed by atoms with Crippen molar-refractivity contribution in [1.82, 2.24) is 9.78 Å². The zero-order chi connectivity index (χ0) is 13.9. The smallest absolute Gasteiger partial charge is 0.161 e. The van der Waals surface area contributed by atoms with E-state index in [1.54, 1.807) is 0 Å². The Morgan fingerprint density at radius 1 is 1.30 bits per heavy atom. The molecule has 1 aromatic heterocycles. The predicted molar refractivity (Wildman–Crippen MR) is 75.9 cm³/mol. The Morgan fingerprint density at radius 3 is 2.85 bits per heavy atom. The molecule has 0 bridgehead atoms. The first-order valence-corrected chi connectivity index (χ1v) is 6.85. The number of aromatic nitrogens is 2. The van der Waals surface area contributed by atoms with Crippen LogP contribution in [0.4, 0.5) is 0 Å². The van der Waals surface area contributed by atoms with E-state index in [9.17, 15) is 0 Å². The minimum atomic E-state index is -0.00830. The Morgan fingerprint density at radius 2 is 2.10 bits per heavy atom. The number of hydrogen-bond donors (Lipinski definition) is 1. The predicted octanol–water partition coefficient (Wildman–Crippen LogP) is 1.82. The molecule has 106 valence electrons. The van der Waals surface area contributed by atoms with Crippen molar-refractivity contribution in [2.24, 2.45) is 12.8 Å². The van der Waals surface area contributed by atoms with E-state index in [0.29, 0.717) is 13.2 Å². The van der Waals surface area contributed by atoms with Crippen molar-refractivity contribution in [2.75, 3.05) is 13.2 Å². The van der Waals surface area contributed by atoms with Crippen molar-refractivity contribution in [3.05, 3.63) is 41.7 Å². The maximum atomic E-state index is 6.26. The minimum absolute atomic E-state index is 0.00830. The number of hydrogen-bond acceptors (Lipinski definition) is 4. The van der Waals surface area contributed by atoms with Gasteiger partial charge in [0, 0.05) is 19.3 Å². The molecule has 20 heavy (non-hydrogen) atoms. The summed E-state index contributed by atoms with van der Waals surface area (Å²) in [7, 11) is 1.92. The third-order valence-corrected chi connectivity index (χ3v) is 3.50. The Kier molecular flexibility index (Phi) is 3.60. The highest BCUT2D eigenvalue weighted by atomic mass is 16.6. The van der Waals surface area contributed by atoms with Gasteiger partial charge in [-0.2, -0.15) is 5.10 Å². The van der Waals surface area contributed by atoms with E-state index in [4.69, 9.17) is 15.2 Å². The van der Waals surface area contributed by atoms with E-state index in [0.717, 1.165) is 29.9 Å². The van der Waals surface area contributed by atoms with Crippen LogP contribution in [-0.4, -0.2) is 23.0 Å². The maximum absolute atomic E-state index is 6.26. The molecule has 0 saturated carbocycles. The van der Waals surface area contributed by atoms with E-state index >= 15 is 0 Å². The molecule has 0 spiro atoms. The summed E-state index contributed by atoms with van der Waals surface area (Å²) in [4.78, 5) is 0. The van der Waals surface area contributed by atoms with Gasteiger partial charge in [0.15, 0.2) is 11.5 Å². The number of nitrogens with two attached hydrogens (primary N) is 1. The van der Waals surface area contributed by atoms with Crippen LogP contribution in [0.25, 0.3) is 0 Å². The van der Waals surface area contributed by atoms with Crippen LogP contribution in [0.1, 0.15) is 23.6 Å². The molecular formula is C15H19N3O2. The van der Waals surface area contributed by atoms with Crippen molar-refractivity contribution in [3.8, 4) is 11.5 Å². The highest BCUT2D eigenvalue weighted by molar-refractivity contribution is 5.44. The SMILES string of the molecule is Cn1cc(CCC(N)c2ccc3c(c2)OCCO3)cn1. The normalized spacial score (nSPS) is 15.1. The lowest BCUT2D eigenvalue weighted by molar-refractivity contribution is 0.171. The molecule has 2 aromatic rings. The van der Waals surface area contributed by atoms with Crippen LogP contribution in [0, 0.1) is 0 Å². The number of benzene rings is 1. The second kappa shape index (κ2) is 5.54. The lowest BCUT2D eigenvalue weighted by Gasteiger charge is -2.20. The molecule has 5 heteroatoms. The van der Waals surface area contributed by atoms with Gasteiger partial charge in [-0.25, -0.2) is 0 Å². The summed E-state index contributed by atoms with van der Waals surface area (Å²) in [6.45, 7) is 1.21. The number of aryl methyl sites for hydroxylation is 2. The summed E-state index contributed by atoms with van der Waals surface area (Å²) in [6.07, 6.45) is 5.71. The standard InChI is InChI=1S/C15H19N3O2/c1-18-10-11(9-17-18)2-4-13(16)12-3-5-14-15(8-12)20-7-6-19-14/h3,5,8-10,13H,2,4,6-7,16H2,1H3. The summed E-state index contributed by atoms with van der Waals surface area (Å²) in [5.74, 6) is 1.60. The van der Waals surface area contributed by atoms with Crippen LogP contribution in [0.5, 0.6) is 11.5 Å². The van der Waals surface area contributed by atoms with E-state index < -0.39 is 0 Å². The molecule has 1 atom stereocenters. The van der Waals surface area contributed by atoms with Crippen molar-refractivity contribution >= 4 is 0 Å². The van der Waals surface area contributed by atoms with Gasteiger partial charge in [-0.1, -0.05) is 6.07 Å². The van der Waals surface area contributed by atoms with Gasteiger partial charge in [0.25, 0.3) is 0 Å². The zero-order valence-corrected chi connectivity index (χ0v) is 11.6. The molecule has 0 radical (unpaired) electrons. The summed E-state index contributed by atoms with van der Waals surface area (Å²) < 4.78 is 12.9. The summed E-state index contributed by atoms with van der Waals surface area (Å²) in [6, 6.07) is 5.93. The molecule has 2 heterocycles. The lowest BCUT2D eigenvalue weighted by atomic mass is 10.0. The van der Waals surface area contributed by atoms with Crippen LogP contribution in [0.15, 0.2) is 30.6 Å². The molecule has 3 rings (SSSR count). The fraction of sp³-hybridized carbons (Fsp3) is 0.400. The van der Waals surface area contributed by atoms with Crippen LogP contribution in [0.2, 0.25) is 0 Å². The van der Waals surface area contributed by atoms with Gasteiger partial charge < -0.3 is 15.2 Å². The van der Waals surface area contributed by atoms with E-state index in [2.05, 4.69) is 5.10 Å². The molecule has 1 unspecified atom stereocenters. The average Bonchev–Trinajstić information content (AvgIpc) is 2.90. The van der Waals surface area contributed by atoms with Crippen LogP contribution >= 0.6 is 0 Å². The van der Waals surface area contributed by atoms with Crippen molar-refractivity contribution < 1.29 is 9.47 Å². The van der Waals surface area contributed by atoms with Crippen LogP contribution in [-0.2, 0) is 13.5 Å². The van der Waals surface area contributed by atoms with Gasteiger partial charge in [-0.05, 0) is 36.1 Å². The Balaban J connectivity index is 1.66. The molecule has 1 aliphatic heterocycles. The monoisotopic (exact) mass is 273 g/mol. The Hall–Kier alpha value is -2.01. The van der Waals surface area contributed by atoms with Gasteiger partial charge in [0.2, 0.25) is 0 Å². The fourth-order valence-electron chi connectivity index (χ4n) is 2.38. The molecule has 1 aliphatic rings. The molecule has 0 aliphatic carbocycles. The average molecular weight is 273 g/mol. The van der Waals surface area contributed by atoms with Gasteiger partial charge >= 0.3 is 0 Å². The van der Waals surface area contributed by atoms with Gasteiger partial charge in [0.05, 0.1) is 6.20 Å².